The van der Waals surface area contributed by atoms with Crippen molar-refractivity contribution in [3.63, 3.8) is 0 Å². The van der Waals surface area contributed by atoms with Crippen molar-refractivity contribution < 1.29 is 23.0 Å². The van der Waals surface area contributed by atoms with Crippen LogP contribution in [0.4, 0.5) is 14.5 Å². The molecule has 48 heavy (non-hydrogen) atoms. The molecule has 1 aliphatic carbocycles. The number of hydrogen-bond donors (Lipinski definition) is 1. The van der Waals surface area contributed by atoms with Gasteiger partial charge in [0.2, 0.25) is 0 Å². The summed E-state index contributed by atoms with van der Waals surface area (Å²) in [5, 5.41) is 16.8. The van der Waals surface area contributed by atoms with Gasteiger partial charge in [-0.25, -0.2) is 19.6 Å². The van der Waals surface area contributed by atoms with Crippen molar-refractivity contribution >= 4 is 34.2 Å². The van der Waals surface area contributed by atoms with E-state index < -0.39 is 11.5 Å². The largest absolute Gasteiger partial charge is 0.487 e. The molecule has 1 N–H and O–H groups in total. The lowest BCUT2D eigenvalue weighted by atomic mass is 9.99. The Bertz CT molecular complexity index is 2310. The fourth-order valence-electron chi connectivity index (χ4n) is 6.10. The molecule has 1 amide bonds. The Morgan fingerprint density at radius 3 is 2.77 bits per heavy atom. The first-order valence-electron chi connectivity index (χ1n) is 14.7. The van der Waals surface area contributed by atoms with Crippen LogP contribution in [-0.4, -0.2) is 52.4 Å². The number of imidazole rings is 1. The lowest BCUT2D eigenvalue weighted by Gasteiger charge is -2.23. The summed E-state index contributed by atoms with van der Waals surface area (Å²) in [7, 11) is 0. The van der Waals surface area contributed by atoms with Gasteiger partial charge in [-0.1, -0.05) is 0 Å². The third-order valence-electron chi connectivity index (χ3n) is 8.14. The Morgan fingerprint density at radius 2 is 1.98 bits per heavy atom. The number of pyridine rings is 1. The first kappa shape index (κ1) is 29.6. The summed E-state index contributed by atoms with van der Waals surface area (Å²) in [6.45, 7) is 2.88. The van der Waals surface area contributed by atoms with Crippen molar-refractivity contribution in [2.75, 3.05) is 11.9 Å². The number of nitrogens with zero attached hydrogens (tertiary/aromatic N) is 8. The van der Waals surface area contributed by atoms with E-state index >= 15 is 0 Å². The Balaban J connectivity index is 1.19. The Kier molecular flexibility index (Phi) is 6.90. The quantitative estimate of drug-likeness (QED) is 0.210. The number of ether oxygens (including phenoxy) is 2. The molecule has 0 saturated carbocycles. The molecule has 2 aliphatic rings. The van der Waals surface area contributed by atoms with Crippen LogP contribution in [0.25, 0.3) is 39.4 Å². The molecule has 1 aliphatic heterocycles. The number of anilines is 1. The van der Waals surface area contributed by atoms with Gasteiger partial charge in [-0.2, -0.15) is 10.4 Å². The van der Waals surface area contributed by atoms with Crippen LogP contribution >= 0.6 is 11.6 Å². The molecule has 0 saturated heterocycles. The van der Waals surface area contributed by atoms with E-state index in [0.29, 0.717) is 36.4 Å². The minimum absolute atomic E-state index is 0.00728. The molecule has 0 spiro atoms. The maximum Gasteiger partial charge on any atom is 0.487 e. The fourth-order valence-corrected chi connectivity index (χ4v) is 6.19. The number of carbonyl (C=O) groups is 1. The zero-order chi connectivity index (χ0) is 33.2. The van der Waals surface area contributed by atoms with Crippen molar-refractivity contribution in [1.82, 2.24) is 34.3 Å². The molecule has 6 aromatic rings. The first-order valence-corrected chi connectivity index (χ1v) is 15.1. The van der Waals surface area contributed by atoms with Gasteiger partial charge in [0.05, 0.1) is 35.1 Å². The van der Waals surface area contributed by atoms with Crippen LogP contribution in [0, 0.1) is 11.3 Å². The summed E-state index contributed by atoms with van der Waals surface area (Å²) in [5.74, 6) is 0.441. The van der Waals surface area contributed by atoms with Crippen LogP contribution in [0.15, 0.2) is 67.1 Å². The summed E-state index contributed by atoms with van der Waals surface area (Å²) in [4.78, 5) is 31.7. The number of amides is 1. The number of aromatic nitrogens is 7. The van der Waals surface area contributed by atoms with Crippen LogP contribution in [0.1, 0.15) is 46.1 Å². The number of carbonyl (C=O) groups excluding carboxylic acids is 1. The highest BCUT2D eigenvalue weighted by molar-refractivity contribution is 6.20. The highest BCUT2D eigenvalue weighted by Crippen LogP contribution is 2.40. The molecule has 8 rings (SSSR count). The minimum atomic E-state index is -3.85. The number of fused-ring (bicyclic) bond motifs is 6. The van der Waals surface area contributed by atoms with E-state index in [4.69, 9.17) is 31.4 Å². The van der Waals surface area contributed by atoms with E-state index in [1.54, 1.807) is 23.0 Å². The van der Waals surface area contributed by atoms with Crippen molar-refractivity contribution in [2.45, 2.75) is 31.6 Å². The lowest BCUT2D eigenvalue weighted by Crippen LogP contribution is -2.21. The van der Waals surface area contributed by atoms with E-state index in [1.165, 1.54) is 36.5 Å². The van der Waals surface area contributed by atoms with E-state index in [1.807, 2.05) is 25.3 Å². The highest BCUT2D eigenvalue weighted by atomic mass is 35.5. The monoisotopic (exact) mass is 665 g/mol. The van der Waals surface area contributed by atoms with Crippen molar-refractivity contribution in [1.29, 1.82) is 5.26 Å². The van der Waals surface area contributed by atoms with E-state index in [9.17, 15) is 18.8 Å². The number of halogens is 3. The predicted molar refractivity (Wildman–Crippen MR) is 169 cm³/mol. The van der Waals surface area contributed by atoms with E-state index in [-0.39, 0.29) is 23.4 Å². The predicted octanol–water partition coefficient (Wildman–Crippen LogP) is 6.03. The Hall–Kier alpha value is -5.78. The molecule has 238 valence electrons. The molecular formula is C33H22ClF2N9O3. The van der Waals surface area contributed by atoms with Crippen LogP contribution in [-0.2, 0) is 17.8 Å². The second-order valence-corrected chi connectivity index (χ2v) is 11.8. The van der Waals surface area contributed by atoms with Crippen molar-refractivity contribution in [3.05, 3.63) is 95.5 Å². The number of benzene rings is 2. The molecule has 12 nitrogen and oxygen atoms in total. The van der Waals surface area contributed by atoms with Crippen LogP contribution in [0.3, 0.4) is 0 Å². The molecule has 1 atom stereocenters. The highest BCUT2D eigenvalue weighted by Gasteiger charge is 2.29. The van der Waals surface area contributed by atoms with Crippen molar-refractivity contribution in [2.24, 2.45) is 0 Å². The third-order valence-corrected chi connectivity index (χ3v) is 8.22. The maximum atomic E-state index is 13.6. The van der Waals surface area contributed by atoms with Gasteiger partial charge in [-0.15, -0.1) is 8.78 Å². The number of nitriles is 1. The standard InChI is InChI=1S/C33H22ClF2N9O3/c1-17-15-47-16-28-42-27-10-18(31(46)40-21-2-4-23(5-3-21)48-33(34,35)36)8-24(30(27)45(17)28)19-9-25-26(39-13-19)11-20-14-44(43-29(20)25)32-38-7-6-22(12-37)41-32/h2-10,13-14,17H,11,15-16H2,1H3,(H,40,46)/t17-/m1/s1. The molecule has 0 fully saturated rings. The number of hydrogen-bond acceptors (Lipinski definition) is 9. The number of rotatable bonds is 6. The van der Waals surface area contributed by atoms with Gasteiger partial charge in [0.1, 0.15) is 29.9 Å². The molecule has 0 radical (unpaired) electrons. The normalized spacial score (nSPS) is 15.0. The smallest absolute Gasteiger partial charge is 0.420 e. The van der Waals surface area contributed by atoms with Gasteiger partial charge >= 0.3 is 5.57 Å². The lowest BCUT2D eigenvalue weighted by molar-refractivity contribution is -0.0964. The van der Waals surface area contributed by atoms with Gasteiger partial charge in [-0.05, 0) is 55.5 Å². The average molecular weight is 666 g/mol. The van der Waals surface area contributed by atoms with Gasteiger partial charge in [0, 0.05) is 70.1 Å². The van der Waals surface area contributed by atoms with E-state index in [0.717, 1.165) is 45.0 Å². The van der Waals surface area contributed by atoms with Gasteiger partial charge in [0.25, 0.3) is 11.9 Å². The molecular weight excluding hydrogens is 644 g/mol. The summed E-state index contributed by atoms with van der Waals surface area (Å²) < 4.78 is 39.9. The van der Waals surface area contributed by atoms with Gasteiger partial charge < -0.3 is 19.4 Å². The molecule has 4 aromatic heterocycles. The van der Waals surface area contributed by atoms with Crippen LogP contribution in [0.2, 0.25) is 0 Å². The molecule has 15 heteroatoms. The summed E-state index contributed by atoms with van der Waals surface area (Å²) in [5.41, 5.74) is 3.38. The fraction of sp³-hybridized carbons (Fsp3) is 0.182. The first-order chi connectivity index (χ1) is 23.1. The zero-order valence-corrected chi connectivity index (χ0v) is 25.7. The number of nitrogens with one attached hydrogen (secondary N) is 1. The maximum absolute atomic E-state index is 13.6. The molecule has 0 bridgehead atoms. The number of alkyl halides is 3. The second kappa shape index (κ2) is 11.2. The van der Waals surface area contributed by atoms with E-state index in [2.05, 4.69) is 24.6 Å². The average Bonchev–Trinajstić information content (AvgIpc) is 3.76. The van der Waals surface area contributed by atoms with Crippen LogP contribution < -0.4 is 10.1 Å². The molecule has 0 unspecified atom stereocenters. The van der Waals surface area contributed by atoms with Crippen molar-refractivity contribution in [3.8, 4) is 40.2 Å². The molecule has 2 aromatic carbocycles. The molecule has 5 heterocycles. The van der Waals surface area contributed by atoms with Crippen LogP contribution in [0.5, 0.6) is 5.75 Å². The zero-order valence-electron chi connectivity index (χ0n) is 25.0. The third kappa shape index (κ3) is 5.28. The SMILES string of the molecule is C[C@@H]1COCc2nc3cc(C(=O)Nc4ccc(OC(F)(F)Cl)cc4)cc(-c4cnc5c(c4)-c4nn(-c6nccc(C#N)n6)cc4C5)c3n21. The Morgan fingerprint density at radius 1 is 1.15 bits per heavy atom. The minimum Gasteiger partial charge on any atom is -0.420 e. The second-order valence-electron chi connectivity index (χ2n) is 11.4. The summed E-state index contributed by atoms with van der Waals surface area (Å²) in [6, 6.07) is 14.5. The van der Waals surface area contributed by atoms with Gasteiger partial charge in [-0.3, -0.25) is 9.78 Å². The topological polar surface area (TPSA) is 146 Å². The van der Waals surface area contributed by atoms with Gasteiger partial charge in [0.15, 0.2) is 0 Å². The Labute approximate surface area is 275 Å². The summed E-state index contributed by atoms with van der Waals surface area (Å²) >= 11 is 4.86. The summed E-state index contributed by atoms with van der Waals surface area (Å²) in [6.07, 6.45) is 5.69.